The normalized spacial score (nSPS) is 15.8. The van der Waals surface area contributed by atoms with Crippen LogP contribution in [0.1, 0.15) is 40.3 Å². The fourth-order valence-corrected chi connectivity index (χ4v) is 8.93. The van der Waals surface area contributed by atoms with Crippen molar-refractivity contribution in [2.24, 2.45) is 4.99 Å². The Balaban J connectivity index is 1.18. The lowest BCUT2D eigenvalue weighted by Crippen LogP contribution is -2.38. The number of allylic oxidation sites excluding steroid dienone is 1. The number of aromatic nitrogens is 1. The molecule has 0 unspecified atom stereocenters. The first-order valence-corrected chi connectivity index (χ1v) is 17.2. The molecule has 2 aliphatic rings. The van der Waals surface area contributed by atoms with Crippen molar-refractivity contribution in [3.8, 4) is 5.75 Å². The number of ether oxygens (including phenoxy) is 1. The molecule has 8 rings (SSSR count). The van der Waals surface area contributed by atoms with Crippen LogP contribution in [-0.4, -0.2) is 4.57 Å². The number of hydrogen-bond donors (Lipinski definition) is 0. The van der Waals surface area contributed by atoms with Gasteiger partial charge in [0.05, 0.1) is 25.2 Å². The molecule has 220 valence electrons. The van der Waals surface area contributed by atoms with Gasteiger partial charge in [0, 0.05) is 5.56 Å². The average molecular weight is 735 g/mol. The molecule has 7 heteroatoms. The van der Waals surface area contributed by atoms with Gasteiger partial charge < -0.3 is 4.74 Å². The number of fused-ring (bicyclic) bond motifs is 4. The molecule has 0 saturated heterocycles. The molecule has 2 heterocycles. The lowest BCUT2D eigenvalue weighted by Gasteiger charge is -2.30. The summed E-state index contributed by atoms with van der Waals surface area (Å²) in [6.07, 6.45) is 3.77. The maximum absolute atomic E-state index is 14.1. The summed E-state index contributed by atoms with van der Waals surface area (Å²) in [7, 11) is 0. The topological polar surface area (TPSA) is 43.6 Å². The zero-order valence-corrected chi connectivity index (χ0v) is 28.0. The Morgan fingerprint density at radius 3 is 2.44 bits per heavy atom. The van der Waals surface area contributed by atoms with Gasteiger partial charge in [-0.3, -0.25) is 9.36 Å². The first-order valence-electron chi connectivity index (χ1n) is 14.8. The van der Waals surface area contributed by atoms with Crippen molar-refractivity contribution in [3.63, 3.8) is 0 Å². The quantitative estimate of drug-likeness (QED) is 0.178. The van der Waals surface area contributed by atoms with Gasteiger partial charge >= 0.3 is 0 Å². The van der Waals surface area contributed by atoms with Gasteiger partial charge in [-0.15, -0.1) is 0 Å². The highest BCUT2D eigenvalue weighted by molar-refractivity contribution is 9.11. The van der Waals surface area contributed by atoms with Crippen molar-refractivity contribution in [2.45, 2.75) is 25.5 Å². The number of nitrogens with zero attached hydrogens (tertiary/aromatic N) is 2. The molecule has 0 N–H and O–H groups in total. The van der Waals surface area contributed by atoms with Gasteiger partial charge in [0.15, 0.2) is 4.80 Å². The summed E-state index contributed by atoms with van der Waals surface area (Å²) in [4.78, 5) is 20.0. The third-order valence-corrected chi connectivity index (χ3v) is 10.7. The lowest BCUT2D eigenvalue weighted by atomic mass is 9.83. The molecule has 1 aromatic heterocycles. The van der Waals surface area contributed by atoms with Gasteiger partial charge in [-0.05, 0) is 102 Å². The van der Waals surface area contributed by atoms with E-state index in [9.17, 15) is 4.79 Å². The van der Waals surface area contributed by atoms with E-state index in [0.29, 0.717) is 11.1 Å². The molecule has 1 aliphatic carbocycles. The largest absolute Gasteiger partial charge is 0.487 e. The van der Waals surface area contributed by atoms with E-state index >= 15 is 0 Å². The summed E-state index contributed by atoms with van der Waals surface area (Å²) in [5.74, 6) is 0.719. The van der Waals surface area contributed by atoms with E-state index < -0.39 is 0 Å². The van der Waals surface area contributed by atoms with Crippen LogP contribution in [0.15, 0.2) is 134 Å². The molecular formula is C38H26Br2N2O2S. The van der Waals surface area contributed by atoms with Crippen molar-refractivity contribution in [1.82, 2.24) is 4.57 Å². The number of benzene rings is 5. The van der Waals surface area contributed by atoms with Crippen LogP contribution in [0.5, 0.6) is 5.75 Å². The predicted octanol–water partition coefficient (Wildman–Crippen LogP) is 8.58. The molecule has 45 heavy (non-hydrogen) atoms. The highest BCUT2D eigenvalue weighted by Gasteiger charge is 2.32. The molecule has 1 atom stereocenters. The summed E-state index contributed by atoms with van der Waals surface area (Å²) in [5, 5.41) is 2.37. The van der Waals surface area contributed by atoms with Crippen LogP contribution in [0.25, 0.3) is 22.5 Å². The van der Waals surface area contributed by atoms with Crippen molar-refractivity contribution in [2.75, 3.05) is 0 Å². The van der Waals surface area contributed by atoms with E-state index in [-0.39, 0.29) is 11.6 Å². The standard InChI is InChI=1S/C38H26Br2N2O2S/c39-31-19-23(20-32(40)36(31)44-22-27-14-8-13-24-9-4-6-15-28(24)27)21-33-37(43)42-35(26-11-2-1-3-12-26)30-18-17-25-10-5-7-16-29(25)34(30)41-38(42)45-33/h1-16,19-21,35H,17-18,22H2/b33-21+/t35-/m0/s1. The summed E-state index contributed by atoms with van der Waals surface area (Å²) < 4.78 is 10.5. The van der Waals surface area contributed by atoms with E-state index in [1.807, 2.05) is 53.1 Å². The van der Waals surface area contributed by atoms with Crippen molar-refractivity contribution < 1.29 is 4.74 Å². The molecule has 0 amide bonds. The van der Waals surface area contributed by atoms with E-state index in [2.05, 4.69) is 98.6 Å². The Kier molecular flexibility index (Phi) is 7.40. The summed E-state index contributed by atoms with van der Waals surface area (Å²) in [5.41, 5.74) is 7.78. The third-order valence-electron chi connectivity index (χ3n) is 8.56. The third kappa shape index (κ3) is 5.13. The second-order valence-electron chi connectivity index (χ2n) is 11.3. The van der Waals surface area contributed by atoms with E-state index in [0.717, 1.165) is 54.7 Å². The Morgan fingerprint density at radius 1 is 0.867 bits per heavy atom. The molecule has 4 nitrogen and oxygen atoms in total. The fraction of sp³-hybridized carbons (Fsp3) is 0.105. The Morgan fingerprint density at radius 2 is 1.60 bits per heavy atom. The van der Waals surface area contributed by atoms with Crippen LogP contribution in [-0.2, 0) is 13.0 Å². The van der Waals surface area contributed by atoms with E-state index in [4.69, 9.17) is 9.73 Å². The van der Waals surface area contributed by atoms with Crippen LogP contribution in [0.3, 0.4) is 0 Å². The molecular weight excluding hydrogens is 708 g/mol. The minimum atomic E-state index is -0.184. The zero-order valence-electron chi connectivity index (χ0n) is 24.0. The molecule has 0 saturated carbocycles. The number of halogens is 2. The Hall–Kier alpha value is -4.04. The van der Waals surface area contributed by atoms with Crippen LogP contribution < -0.4 is 19.6 Å². The second-order valence-corrected chi connectivity index (χ2v) is 14.0. The molecule has 5 aromatic carbocycles. The maximum Gasteiger partial charge on any atom is 0.271 e. The van der Waals surface area contributed by atoms with Gasteiger partial charge in [0.25, 0.3) is 5.56 Å². The van der Waals surface area contributed by atoms with Crippen molar-refractivity contribution >= 4 is 65.7 Å². The smallest absolute Gasteiger partial charge is 0.271 e. The van der Waals surface area contributed by atoms with Gasteiger partial charge in [-0.25, -0.2) is 4.99 Å². The minimum absolute atomic E-state index is 0.0264. The summed E-state index contributed by atoms with van der Waals surface area (Å²) in [6, 6.07) is 37.2. The van der Waals surface area contributed by atoms with Crippen LogP contribution in [0, 0.1) is 0 Å². The number of rotatable bonds is 5. The second kappa shape index (κ2) is 11.7. The number of thiazole rings is 1. The first-order chi connectivity index (χ1) is 22.0. The van der Waals surface area contributed by atoms with E-state index in [1.54, 1.807) is 0 Å². The summed E-state index contributed by atoms with van der Waals surface area (Å²) in [6.45, 7) is 0.434. The van der Waals surface area contributed by atoms with Crippen LogP contribution in [0.2, 0.25) is 0 Å². The zero-order chi connectivity index (χ0) is 30.5. The molecule has 0 spiro atoms. The minimum Gasteiger partial charge on any atom is -0.487 e. The molecule has 0 fully saturated rings. The number of aryl methyl sites for hydroxylation is 1. The SMILES string of the molecule is O=c1/c(=C\c2cc(Br)c(OCc3cccc4ccccc34)c(Br)c2)sc2n1[C@@H](c1ccccc1)C1=C(N=2)c2ccccc2CC1. The molecule has 0 radical (unpaired) electrons. The average Bonchev–Trinajstić information content (AvgIpc) is 3.37. The first kappa shape index (κ1) is 28.4. The van der Waals surface area contributed by atoms with Crippen LogP contribution in [0.4, 0.5) is 0 Å². The fourth-order valence-electron chi connectivity index (χ4n) is 6.48. The Labute approximate surface area is 280 Å². The predicted molar refractivity (Wildman–Crippen MR) is 189 cm³/mol. The lowest BCUT2D eigenvalue weighted by molar-refractivity contribution is 0.303. The van der Waals surface area contributed by atoms with Crippen molar-refractivity contribution in [1.29, 1.82) is 0 Å². The maximum atomic E-state index is 14.1. The highest BCUT2D eigenvalue weighted by Crippen LogP contribution is 2.41. The van der Waals surface area contributed by atoms with Gasteiger partial charge in [-0.1, -0.05) is 108 Å². The molecule has 1 aliphatic heterocycles. The van der Waals surface area contributed by atoms with Gasteiger partial charge in [0.1, 0.15) is 12.4 Å². The Bertz CT molecular complexity index is 2310. The van der Waals surface area contributed by atoms with Gasteiger partial charge in [-0.2, -0.15) is 0 Å². The molecule has 6 aromatic rings. The van der Waals surface area contributed by atoms with Crippen LogP contribution >= 0.6 is 43.2 Å². The number of hydrogen-bond acceptors (Lipinski definition) is 4. The highest BCUT2D eigenvalue weighted by atomic mass is 79.9. The van der Waals surface area contributed by atoms with Crippen molar-refractivity contribution in [3.05, 3.63) is 171 Å². The summed E-state index contributed by atoms with van der Waals surface area (Å²) >= 11 is 8.90. The molecule has 0 bridgehead atoms. The van der Waals surface area contributed by atoms with Gasteiger partial charge in [0.2, 0.25) is 0 Å². The monoisotopic (exact) mass is 732 g/mol. The van der Waals surface area contributed by atoms with E-state index in [1.165, 1.54) is 38.8 Å².